The highest BCUT2D eigenvalue weighted by molar-refractivity contribution is 7.14. The molecule has 0 unspecified atom stereocenters. The number of esters is 1. The summed E-state index contributed by atoms with van der Waals surface area (Å²) in [6, 6.07) is 5.91. The minimum atomic E-state index is -0.321. The summed E-state index contributed by atoms with van der Waals surface area (Å²) >= 11 is 1.34. The Balaban J connectivity index is 1.53. The Morgan fingerprint density at radius 3 is 2.58 bits per heavy atom. The number of aromatic nitrogens is 3. The van der Waals surface area contributed by atoms with Gasteiger partial charge in [-0.1, -0.05) is 43.6 Å². The molecule has 2 heterocycles. The molecule has 0 N–H and O–H groups in total. The van der Waals surface area contributed by atoms with Gasteiger partial charge in [-0.2, -0.15) is 4.98 Å². The molecule has 0 atom stereocenters. The van der Waals surface area contributed by atoms with Gasteiger partial charge in [0.15, 0.2) is 11.0 Å². The molecule has 3 aromatic rings. The number of benzene rings is 1. The number of rotatable bonds is 8. The Morgan fingerprint density at radius 2 is 1.94 bits per heavy atom. The minimum Gasteiger partial charge on any atom is -0.459 e. The molecule has 8 nitrogen and oxygen atoms in total. The number of carbonyl (C=O) groups excluding carboxylic acids is 2. The van der Waals surface area contributed by atoms with Crippen LogP contribution in [0.15, 0.2) is 28.1 Å². The highest BCUT2D eigenvalue weighted by atomic mass is 32.1. The van der Waals surface area contributed by atoms with E-state index in [9.17, 15) is 9.59 Å². The maximum Gasteiger partial charge on any atom is 0.306 e. The largest absolute Gasteiger partial charge is 0.459 e. The van der Waals surface area contributed by atoms with Crippen molar-refractivity contribution in [3.8, 4) is 0 Å². The first-order valence-electron chi connectivity index (χ1n) is 10.9. The molecule has 0 radical (unpaired) electrons. The molecule has 0 aliphatic rings. The molecule has 0 aliphatic carbocycles. The lowest BCUT2D eigenvalue weighted by Gasteiger charge is -2.20. The first kappa shape index (κ1) is 24.6. The number of thiazole rings is 1. The van der Waals surface area contributed by atoms with Crippen LogP contribution < -0.4 is 4.90 Å². The number of amides is 1. The quantitative estimate of drug-likeness (QED) is 0.418. The number of hydrogen-bond acceptors (Lipinski definition) is 8. The monoisotopic (exact) mass is 470 g/mol. The number of anilines is 2. The normalized spacial score (nSPS) is 11.5. The zero-order valence-electron chi connectivity index (χ0n) is 20.0. The van der Waals surface area contributed by atoms with Gasteiger partial charge in [0.2, 0.25) is 11.8 Å². The van der Waals surface area contributed by atoms with Crippen LogP contribution in [0.2, 0.25) is 0 Å². The van der Waals surface area contributed by atoms with Gasteiger partial charge in [0.05, 0.1) is 11.4 Å². The van der Waals surface area contributed by atoms with Gasteiger partial charge in [-0.15, -0.1) is 11.3 Å². The number of aryl methyl sites for hydroxylation is 3. The standard InChI is InChI=1S/C24H30N4O4S/c1-15-10-11-19(16(2)12-15)28(17(3)29)23-25-18(14-33-23)13-31-21(30)9-7-8-20-26-22(27-32-20)24(4,5)6/h10-12,14H,7-9,13H2,1-6H3. The molecule has 0 fully saturated rings. The van der Waals surface area contributed by atoms with E-state index in [1.165, 1.54) is 18.3 Å². The van der Waals surface area contributed by atoms with Crippen molar-refractivity contribution in [3.63, 3.8) is 0 Å². The van der Waals surface area contributed by atoms with Gasteiger partial charge in [0.1, 0.15) is 6.61 Å². The fourth-order valence-corrected chi connectivity index (χ4v) is 4.06. The van der Waals surface area contributed by atoms with E-state index in [4.69, 9.17) is 9.26 Å². The van der Waals surface area contributed by atoms with Crippen molar-refractivity contribution in [2.45, 2.75) is 72.8 Å². The third kappa shape index (κ3) is 6.47. The van der Waals surface area contributed by atoms with Crippen molar-refractivity contribution < 1.29 is 18.8 Å². The second kappa shape index (κ2) is 10.2. The van der Waals surface area contributed by atoms with Crippen LogP contribution in [0.5, 0.6) is 0 Å². The fourth-order valence-electron chi connectivity index (χ4n) is 3.20. The van der Waals surface area contributed by atoms with Crippen molar-refractivity contribution >= 4 is 34.0 Å². The Bertz CT molecular complexity index is 1130. The van der Waals surface area contributed by atoms with Crippen molar-refractivity contribution in [3.05, 3.63) is 52.1 Å². The number of carbonyl (C=O) groups is 2. The Labute approximate surface area is 198 Å². The van der Waals surface area contributed by atoms with Gasteiger partial charge >= 0.3 is 5.97 Å². The number of ether oxygens (including phenoxy) is 1. The molecular weight excluding hydrogens is 440 g/mol. The highest BCUT2D eigenvalue weighted by Gasteiger charge is 2.22. The van der Waals surface area contributed by atoms with Crippen LogP contribution in [0.25, 0.3) is 0 Å². The molecule has 0 saturated heterocycles. The molecular formula is C24H30N4O4S. The van der Waals surface area contributed by atoms with Gasteiger partial charge in [-0.05, 0) is 31.9 Å². The molecule has 2 aromatic heterocycles. The van der Waals surface area contributed by atoms with Gasteiger partial charge in [-0.25, -0.2) is 4.98 Å². The molecule has 1 aromatic carbocycles. The average Bonchev–Trinajstić information content (AvgIpc) is 3.38. The van der Waals surface area contributed by atoms with E-state index in [1.807, 2.05) is 52.8 Å². The summed E-state index contributed by atoms with van der Waals surface area (Å²) in [5.74, 6) is 0.723. The van der Waals surface area contributed by atoms with Gasteiger partial charge in [-0.3, -0.25) is 14.5 Å². The van der Waals surface area contributed by atoms with Crippen LogP contribution in [-0.4, -0.2) is 27.0 Å². The van der Waals surface area contributed by atoms with E-state index in [-0.39, 0.29) is 30.3 Å². The second-order valence-electron chi connectivity index (χ2n) is 9.04. The van der Waals surface area contributed by atoms with Gasteiger partial charge in [0, 0.05) is 30.6 Å². The zero-order valence-corrected chi connectivity index (χ0v) is 20.8. The van der Waals surface area contributed by atoms with Crippen LogP contribution in [0.4, 0.5) is 10.8 Å². The van der Waals surface area contributed by atoms with E-state index in [1.54, 1.807) is 10.3 Å². The lowest BCUT2D eigenvalue weighted by atomic mass is 9.96. The lowest BCUT2D eigenvalue weighted by molar-refractivity contribution is -0.145. The van der Waals surface area contributed by atoms with Gasteiger partial charge < -0.3 is 9.26 Å². The van der Waals surface area contributed by atoms with E-state index >= 15 is 0 Å². The summed E-state index contributed by atoms with van der Waals surface area (Å²) in [5.41, 5.74) is 3.33. The van der Waals surface area contributed by atoms with E-state index < -0.39 is 0 Å². The molecule has 33 heavy (non-hydrogen) atoms. The third-order valence-corrected chi connectivity index (χ3v) is 5.81. The smallest absolute Gasteiger partial charge is 0.306 e. The fraction of sp³-hybridized carbons (Fsp3) is 0.458. The molecule has 1 amide bonds. The minimum absolute atomic E-state index is 0.0582. The summed E-state index contributed by atoms with van der Waals surface area (Å²) in [7, 11) is 0. The van der Waals surface area contributed by atoms with Crippen LogP contribution >= 0.6 is 11.3 Å². The molecule has 0 aliphatic heterocycles. The zero-order chi connectivity index (χ0) is 24.2. The van der Waals surface area contributed by atoms with Crippen molar-refractivity contribution in [2.24, 2.45) is 0 Å². The predicted molar refractivity (Wildman–Crippen MR) is 127 cm³/mol. The van der Waals surface area contributed by atoms with E-state index in [2.05, 4.69) is 15.1 Å². The molecule has 9 heteroatoms. The van der Waals surface area contributed by atoms with Crippen LogP contribution in [0.3, 0.4) is 0 Å². The maximum atomic E-state index is 12.3. The number of hydrogen-bond donors (Lipinski definition) is 0. The van der Waals surface area contributed by atoms with Crippen molar-refractivity contribution in [1.29, 1.82) is 0 Å². The average molecular weight is 471 g/mol. The lowest BCUT2D eigenvalue weighted by Crippen LogP contribution is -2.23. The Morgan fingerprint density at radius 1 is 1.18 bits per heavy atom. The Hall–Kier alpha value is -3.07. The van der Waals surface area contributed by atoms with Crippen LogP contribution in [0, 0.1) is 13.8 Å². The van der Waals surface area contributed by atoms with Crippen molar-refractivity contribution in [1.82, 2.24) is 15.1 Å². The highest BCUT2D eigenvalue weighted by Crippen LogP contribution is 2.32. The molecule has 0 saturated carbocycles. The summed E-state index contributed by atoms with van der Waals surface area (Å²) in [4.78, 5) is 34.9. The summed E-state index contributed by atoms with van der Waals surface area (Å²) in [5, 5.41) is 6.33. The Kier molecular flexibility index (Phi) is 7.63. The summed E-state index contributed by atoms with van der Waals surface area (Å²) in [6.07, 6.45) is 1.31. The SMILES string of the molecule is CC(=O)N(c1nc(COC(=O)CCCc2nc(C(C)(C)C)no2)cs1)c1ccc(C)cc1C. The molecule has 3 rings (SSSR count). The summed E-state index contributed by atoms with van der Waals surface area (Å²) < 4.78 is 10.6. The molecule has 176 valence electrons. The first-order valence-corrected chi connectivity index (χ1v) is 11.7. The molecule has 0 spiro atoms. The predicted octanol–water partition coefficient (Wildman–Crippen LogP) is 5.19. The third-order valence-electron chi connectivity index (χ3n) is 4.93. The topological polar surface area (TPSA) is 98.4 Å². The molecule has 0 bridgehead atoms. The number of nitrogens with zero attached hydrogens (tertiary/aromatic N) is 4. The van der Waals surface area contributed by atoms with Crippen LogP contribution in [0.1, 0.15) is 69.1 Å². The maximum absolute atomic E-state index is 12.3. The van der Waals surface area contributed by atoms with E-state index in [0.717, 1.165) is 16.8 Å². The van der Waals surface area contributed by atoms with E-state index in [0.29, 0.717) is 35.4 Å². The second-order valence-corrected chi connectivity index (χ2v) is 9.88. The van der Waals surface area contributed by atoms with Crippen molar-refractivity contribution in [2.75, 3.05) is 4.90 Å². The van der Waals surface area contributed by atoms with Crippen LogP contribution in [-0.2, 0) is 32.8 Å². The first-order chi connectivity index (χ1) is 15.5. The summed E-state index contributed by atoms with van der Waals surface area (Å²) in [6.45, 7) is 11.6. The van der Waals surface area contributed by atoms with Gasteiger partial charge in [0.25, 0.3) is 0 Å².